The number of fused-ring (bicyclic) bond motifs is 4. The highest BCUT2D eigenvalue weighted by atomic mass is 35.5. The van der Waals surface area contributed by atoms with Crippen LogP contribution in [0.4, 0.5) is 0 Å². The molecule has 7 heteroatoms. The summed E-state index contributed by atoms with van der Waals surface area (Å²) in [4.78, 5) is 18.8. The van der Waals surface area contributed by atoms with Gasteiger partial charge in [-0.25, -0.2) is 0 Å². The fraction of sp³-hybridized carbons (Fsp3) is 0.167. The molecule has 156 valence electrons. The number of aromatic nitrogens is 1. The molecule has 0 aliphatic rings. The molecular formula is C24H19ClN2O2S2. The third-order valence-corrected chi connectivity index (χ3v) is 7.95. The van der Waals surface area contributed by atoms with Crippen molar-refractivity contribution in [3.05, 3.63) is 75.4 Å². The van der Waals surface area contributed by atoms with Gasteiger partial charge < -0.3 is 9.30 Å². The number of carbonyl (C=O) groups is 1. The lowest BCUT2D eigenvalue weighted by atomic mass is 10.1. The van der Waals surface area contributed by atoms with Crippen LogP contribution in [0.1, 0.15) is 16.6 Å². The number of ether oxygens (including phenoxy) is 1. The number of thiazole rings is 1. The molecule has 0 aliphatic carbocycles. The highest BCUT2D eigenvalue weighted by Gasteiger charge is 2.18. The molecule has 0 saturated carbocycles. The summed E-state index contributed by atoms with van der Waals surface area (Å²) < 4.78 is 9.75. The molecule has 0 atom stereocenters. The summed E-state index contributed by atoms with van der Waals surface area (Å²) in [5, 5.41) is 3.68. The van der Waals surface area contributed by atoms with E-state index in [0.717, 1.165) is 25.7 Å². The minimum Gasteiger partial charge on any atom is -0.380 e. The molecule has 0 N–H and O–H groups in total. The van der Waals surface area contributed by atoms with Gasteiger partial charge in [-0.1, -0.05) is 71.5 Å². The van der Waals surface area contributed by atoms with Crippen molar-refractivity contribution >= 4 is 71.3 Å². The lowest BCUT2D eigenvalue weighted by molar-refractivity contribution is 0.100. The quantitative estimate of drug-likeness (QED) is 0.277. The van der Waals surface area contributed by atoms with Crippen molar-refractivity contribution < 1.29 is 9.53 Å². The summed E-state index contributed by atoms with van der Waals surface area (Å²) in [7, 11) is 0. The molecule has 0 saturated heterocycles. The Bertz CT molecular complexity index is 1500. The molecule has 3 aromatic carbocycles. The zero-order chi connectivity index (χ0) is 21.4. The fourth-order valence-corrected chi connectivity index (χ4v) is 6.28. The van der Waals surface area contributed by atoms with Gasteiger partial charge >= 0.3 is 0 Å². The lowest BCUT2D eigenvalue weighted by Gasteiger charge is -2.06. The van der Waals surface area contributed by atoms with Crippen molar-refractivity contribution in [3.8, 4) is 0 Å². The van der Waals surface area contributed by atoms with Gasteiger partial charge in [0.25, 0.3) is 5.91 Å². The highest BCUT2D eigenvalue weighted by Crippen LogP contribution is 2.35. The van der Waals surface area contributed by atoms with Crippen LogP contribution in [0.2, 0.25) is 5.02 Å². The molecule has 5 rings (SSSR count). The van der Waals surface area contributed by atoms with E-state index in [0.29, 0.717) is 34.5 Å². The average molecular weight is 467 g/mol. The van der Waals surface area contributed by atoms with E-state index >= 15 is 0 Å². The van der Waals surface area contributed by atoms with E-state index in [1.54, 1.807) is 0 Å². The summed E-state index contributed by atoms with van der Waals surface area (Å²) in [5.41, 5.74) is 1.05. The predicted molar refractivity (Wildman–Crippen MR) is 131 cm³/mol. The zero-order valence-electron chi connectivity index (χ0n) is 16.8. The first-order valence-corrected chi connectivity index (χ1v) is 12.0. The van der Waals surface area contributed by atoms with Crippen LogP contribution in [0, 0.1) is 0 Å². The van der Waals surface area contributed by atoms with Crippen LogP contribution >= 0.6 is 34.3 Å². The molecule has 0 bridgehead atoms. The molecule has 2 aromatic heterocycles. The molecular weight excluding hydrogens is 448 g/mol. The first kappa shape index (κ1) is 20.4. The van der Waals surface area contributed by atoms with Crippen LogP contribution in [0.3, 0.4) is 0 Å². The number of benzene rings is 3. The number of hydrogen-bond acceptors (Lipinski definition) is 4. The summed E-state index contributed by atoms with van der Waals surface area (Å²) in [6.07, 6.45) is 0. The monoisotopic (exact) mass is 466 g/mol. The van der Waals surface area contributed by atoms with Gasteiger partial charge in [0.2, 0.25) is 0 Å². The Kier molecular flexibility index (Phi) is 5.63. The second kappa shape index (κ2) is 8.55. The standard InChI is InChI=1S/C24H19ClN2O2S2/c1-2-29-14-13-27-18-12-11-15-7-3-4-8-16(15)21(18)31-24(27)26-23(28)22-20(25)17-9-5-6-10-19(17)30-22/h3-12H,2,13-14H2,1H3. The maximum absolute atomic E-state index is 13.1. The molecule has 5 aromatic rings. The SMILES string of the molecule is CCOCCn1c(=NC(=O)c2sc3ccccc3c2Cl)sc2c3ccccc3ccc21. The van der Waals surface area contributed by atoms with Crippen LogP contribution < -0.4 is 4.80 Å². The number of nitrogens with zero attached hydrogens (tertiary/aromatic N) is 2. The van der Waals surface area contributed by atoms with Gasteiger partial charge in [-0.15, -0.1) is 11.3 Å². The van der Waals surface area contributed by atoms with Crippen molar-refractivity contribution in [1.29, 1.82) is 0 Å². The summed E-state index contributed by atoms with van der Waals surface area (Å²) in [6, 6.07) is 20.2. The minimum atomic E-state index is -0.313. The Balaban J connectivity index is 1.68. The van der Waals surface area contributed by atoms with Gasteiger partial charge in [0.05, 0.1) is 21.8 Å². The Morgan fingerprint density at radius 2 is 1.81 bits per heavy atom. The third-order valence-electron chi connectivity index (χ3n) is 5.16. The Morgan fingerprint density at radius 1 is 1.03 bits per heavy atom. The largest absolute Gasteiger partial charge is 0.380 e. The van der Waals surface area contributed by atoms with E-state index < -0.39 is 0 Å². The van der Waals surface area contributed by atoms with E-state index in [-0.39, 0.29) is 5.91 Å². The second-order valence-electron chi connectivity index (χ2n) is 7.03. The van der Waals surface area contributed by atoms with Crippen molar-refractivity contribution in [2.45, 2.75) is 13.5 Å². The normalized spacial score (nSPS) is 12.4. The third kappa shape index (κ3) is 3.70. The summed E-state index contributed by atoms with van der Waals surface area (Å²) in [6.45, 7) is 3.80. The number of rotatable bonds is 5. The van der Waals surface area contributed by atoms with Gasteiger partial charge in [-0.05, 0) is 24.4 Å². The van der Waals surface area contributed by atoms with Crippen molar-refractivity contribution in [2.24, 2.45) is 4.99 Å². The van der Waals surface area contributed by atoms with Crippen LogP contribution in [-0.2, 0) is 11.3 Å². The molecule has 0 unspecified atom stereocenters. The van der Waals surface area contributed by atoms with Gasteiger partial charge in [0.1, 0.15) is 4.88 Å². The number of halogens is 1. The van der Waals surface area contributed by atoms with Gasteiger partial charge in [0, 0.05) is 28.6 Å². The van der Waals surface area contributed by atoms with Crippen molar-refractivity contribution in [3.63, 3.8) is 0 Å². The maximum atomic E-state index is 13.1. The van der Waals surface area contributed by atoms with E-state index in [4.69, 9.17) is 16.3 Å². The molecule has 1 amide bonds. The van der Waals surface area contributed by atoms with Gasteiger partial charge in [-0.3, -0.25) is 4.79 Å². The van der Waals surface area contributed by atoms with E-state index in [2.05, 4.69) is 33.8 Å². The first-order valence-electron chi connectivity index (χ1n) is 10.0. The van der Waals surface area contributed by atoms with Gasteiger partial charge in [0.15, 0.2) is 4.80 Å². The fourth-order valence-electron chi connectivity index (χ4n) is 3.69. The molecule has 2 heterocycles. The molecule has 0 aliphatic heterocycles. The molecule has 0 spiro atoms. The molecule has 4 nitrogen and oxygen atoms in total. The summed E-state index contributed by atoms with van der Waals surface area (Å²) >= 11 is 9.44. The topological polar surface area (TPSA) is 43.6 Å². The highest BCUT2D eigenvalue weighted by molar-refractivity contribution is 7.21. The molecule has 31 heavy (non-hydrogen) atoms. The zero-order valence-corrected chi connectivity index (χ0v) is 19.2. The minimum absolute atomic E-state index is 0.313. The van der Waals surface area contributed by atoms with Gasteiger partial charge in [-0.2, -0.15) is 4.99 Å². The van der Waals surface area contributed by atoms with E-state index in [9.17, 15) is 4.79 Å². The number of thiophene rings is 1. The molecule has 0 fully saturated rings. The van der Waals surface area contributed by atoms with Crippen LogP contribution in [-0.4, -0.2) is 23.7 Å². The van der Waals surface area contributed by atoms with E-state index in [1.807, 2.05) is 43.3 Å². The smallest absolute Gasteiger partial charge is 0.291 e. The summed E-state index contributed by atoms with van der Waals surface area (Å²) in [5.74, 6) is -0.313. The second-order valence-corrected chi connectivity index (χ2v) is 9.43. The predicted octanol–water partition coefficient (Wildman–Crippen LogP) is 6.50. The average Bonchev–Trinajstić information content (AvgIpc) is 3.32. The Labute approximate surface area is 192 Å². The van der Waals surface area contributed by atoms with Crippen LogP contribution in [0.5, 0.6) is 0 Å². The van der Waals surface area contributed by atoms with Crippen LogP contribution in [0.25, 0.3) is 31.1 Å². The van der Waals surface area contributed by atoms with Crippen molar-refractivity contribution in [1.82, 2.24) is 4.57 Å². The number of hydrogen-bond donors (Lipinski definition) is 0. The number of carbonyl (C=O) groups excluding carboxylic acids is 1. The lowest BCUT2D eigenvalue weighted by Crippen LogP contribution is -2.19. The first-order chi connectivity index (χ1) is 15.2. The molecule has 0 radical (unpaired) electrons. The van der Waals surface area contributed by atoms with E-state index in [1.165, 1.54) is 28.1 Å². The number of amides is 1. The van der Waals surface area contributed by atoms with Crippen molar-refractivity contribution in [2.75, 3.05) is 13.2 Å². The maximum Gasteiger partial charge on any atom is 0.291 e. The Hall–Kier alpha value is -2.51. The Morgan fingerprint density at radius 3 is 2.61 bits per heavy atom. The van der Waals surface area contributed by atoms with Crippen LogP contribution in [0.15, 0.2) is 65.7 Å².